The van der Waals surface area contributed by atoms with E-state index in [-0.39, 0.29) is 17.3 Å². The van der Waals surface area contributed by atoms with Crippen molar-refractivity contribution in [1.29, 1.82) is 0 Å². The predicted molar refractivity (Wildman–Crippen MR) is 88.5 cm³/mol. The van der Waals surface area contributed by atoms with Crippen LogP contribution in [-0.4, -0.2) is 5.97 Å². The monoisotopic (exact) mass is 308 g/mol. The molecule has 1 heterocycles. The van der Waals surface area contributed by atoms with Crippen molar-refractivity contribution in [3.63, 3.8) is 0 Å². The van der Waals surface area contributed by atoms with E-state index >= 15 is 0 Å². The van der Waals surface area contributed by atoms with Crippen LogP contribution in [0, 0.1) is 0 Å². The first-order valence-corrected chi connectivity index (χ1v) is 7.52. The molecule has 0 N–H and O–H groups in total. The Morgan fingerprint density at radius 3 is 2.48 bits per heavy atom. The zero-order chi connectivity index (χ0) is 16.2. The van der Waals surface area contributed by atoms with Gasteiger partial charge in [0.2, 0.25) is 0 Å². The normalized spacial score (nSPS) is 10.7. The molecule has 0 fully saturated rings. The van der Waals surface area contributed by atoms with Gasteiger partial charge in [0.25, 0.3) is 0 Å². The van der Waals surface area contributed by atoms with Gasteiger partial charge in [-0.3, -0.25) is 4.79 Å². The van der Waals surface area contributed by atoms with E-state index in [1.165, 1.54) is 0 Å². The number of carbonyl (C=O) groups is 1. The van der Waals surface area contributed by atoms with Crippen molar-refractivity contribution in [2.45, 2.75) is 19.8 Å². The van der Waals surface area contributed by atoms with Crippen molar-refractivity contribution in [2.75, 3.05) is 0 Å². The average Bonchev–Trinajstić information content (AvgIpc) is 2.56. The summed E-state index contributed by atoms with van der Waals surface area (Å²) in [6.07, 6.45) is 0.974. The second-order valence-electron chi connectivity index (χ2n) is 5.18. The summed E-state index contributed by atoms with van der Waals surface area (Å²) in [5.74, 6) is -0.0954. The summed E-state index contributed by atoms with van der Waals surface area (Å²) in [4.78, 5) is 24.4. The lowest BCUT2D eigenvalue weighted by atomic mass is 10.0. The van der Waals surface area contributed by atoms with Crippen LogP contribution in [0.5, 0.6) is 5.75 Å². The predicted octanol–water partition coefficient (Wildman–Crippen LogP) is 4.17. The third kappa shape index (κ3) is 3.01. The molecule has 4 heteroatoms. The molecule has 4 nitrogen and oxygen atoms in total. The van der Waals surface area contributed by atoms with Crippen molar-refractivity contribution in [2.24, 2.45) is 0 Å². The third-order valence-electron chi connectivity index (χ3n) is 3.50. The van der Waals surface area contributed by atoms with E-state index in [1.54, 1.807) is 30.3 Å². The number of ether oxygens (including phenoxy) is 1. The third-order valence-corrected chi connectivity index (χ3v) is 3.50. The SMILES string of the molecule is CCCC(=O)Oc1c(-c2ccccc2)c(=O)oc2ccccc12. The van der Waals surface area contributed by atoms with Crippen LogP contribution in [0.3, 0.4) is 0 Å². The summed E-state index contributed by atoms with van der Waals surface area (Å²) in [7, 11) is 0. The number of hydrogen-bond acceptors (Lipinski definition) is 4. The summed E-state index contributed by atoms with van der Waals surface area (Å²) in [5.41, 5.74) is 0.811. The van der Waals surface area contributed by atoms with Crippen molar-refractivity contribution in [3.8, 4) is 16.9 Å². The molecule has 0 saturated heterocycles. The van der Waals surface area contributed by atoms with Crippen LogP contribution in [0.15, 0.2) is 63.8 Å². The first kappa shape index (κ1) is 15.0. The largest absolute Gasteiger partial charge is 0.425 e. The van der Waals surface area contributed by atoms with E-state index in [0.29, 0.717) is 29.4 Å². The molecule has 0 unspecified atom stereocenters. The maximum atomic E-state index is 12.4. The Bertz CT molecular complexity index is 894. The van der Waals surface area contributed by atoms with E-state index in [0.717, 1.165) is 0 Å². The standard InChI is InChI=1S/C19H16O4/c1-2-8-16(20)23-18-14-11-6-7-12-15(14)22-19(21)17(18)13-9-4-3-5-10-13/h3-7,9-12H,2,8H2,1H3. The van der Waals surface area contributed by atoms with Crippen LogP contribution in [0.1, 0.15) is 19.8 Å². The van der Waals surface area contributed by atoms with Crippen LogP contribution in [0.25, 0.3) is 22.1 Å². The maximum Gasteiger partial charge on any atom is 0.348 e. The Kier molecular flexibility index (Phi) is 4.24. The molecule has 3 aromatic rings. The van der Waals surface area contributed by atoms with Gasteiger partial charge in [-0.2, -0.15) is 0 Å². The quantitative estimate of drug-likeness (QED) is 0.536. The molecule has 0 aliphatic rings. The molecule has 116 valence electrons. The number of benzene rings is 2. The molecule has 23 heavy (non-hydrogen) atoms. The van der Waals surface area contributed by atoms with E-state index < -0.39 is 5.63 Å². The summed E-state index contributed by atoms with van der Waals surface area (Å²) in [5, 5.41) is 0.607. The molecule has 0 bridgehead atoms. The molecule has 0 aliphatic carbocycles. The van der Waals surface area contributed by atoms with Gasteiger partial charge in [-0.25, -0.2) is 4.79 Å². The van der Waals surface area contributed by atoms with Crippen molar-refractivity contribution in [3.05, 3.63) is 65.0 Å². The summed E-state index contributed by atoms with van der Waals surface area (Å²) >= 11 is 0. The van der Waals surface area contributed by atoms with E-state index in [2.05, 4.69) is 0 Å². The van der Waals surface area contributed by atoms with Crippen LogP contribution in [0.2, 0.25) is 0 Å². The molecular formula is C19H16O4. The van der Waals surface area contributed by atoms with Gasteiger partial charge in [-0.1, -0.05) is 49.4 Å². The molecule has 0 radical (unpaired) electrons. The topological polar surface area (TPSA) is 56.5 Å². The number of rotatable bonds is 4. The Balaban J connectivity index is 2.27. The van der Waals surface area contributed by atoms with Crippen LogP contribution in [0.4, 0.5) is 0 Å². The van der Waals surface area contributed by atoms with E-state index in [9.17, 15) is 9.59 Å². The molecule has 3 rings (SSSR count). The lowest BCUT2D eigenvalue weighted by Crippen LogP contribution is -2.12. The Morgan fingerprint density at radius 2 is 1.74 bits per heavy atom. The highest BCUT2D eigenvalue weighted by Gasteiger charge is 2.19. The van der Waals surface area contributed by atoms with Gasteiger partial charge < -0.3 is 9.15 Å². The van der Waals surface area contributed by atoms with Gasteiger partial charge in [0.1, 0.15) is 11.1 Å². The lowest BCUT2D eigenvalue weighted by molar-refractivity contribution is -0.134. The van der Waals surface area contributed by atoms with Crippen molar-refractivity contribution < 1.29 is 13.9 Å². The zero-order valence-electron chi connectivity index (χ0n) is 12.7. The van der Waals surface area contributed by atoms with Crippen LogP contribution < -0.4 is 10.4 Å². The average molecular weight is 308 g/mol. The number of fused-ring (bicyclic) bond motifs is 1. The minimum absolute atomic E-state index is 0.265. The van der Waals surface area contributed by atoms with E-state index in [4.69, 9.17) is 9.15 Å². The number of carbonyl (C=O) groups excluding carboxylic acids is 1. The first-order valence-electron chi connectivity index (χ1n) is 7.52. The van der Waals surface area contributed by atoms with Gasteiger partial charge >= 0.3 is 11.6 Å². The van der Waals surface area contributed by atoms with E-state index in [1.807, 2.05) is 31.2 Å². The highest BCUT2D eigenvalue weighted by molar-refractivity contribution is 5.93. The molecule has 0 atom stereocenters. The highest BCUT2D eigenvalue weighted by atomic mass is 16.5. The minimum atomic E-state index is -0.519. The van der Waals surface area contributed by atoms with Crippen LogP contribution in [-0.2, 0) is 4.79 Å². The summed E-state index contributed by atoms with van der Waals surface area (Å²) in [6, 6.07) is 16.1. The molecule has 2 aromatic carbocycles. The molecule has 0 spiro atoms. The number of hydrogen-bond donors (Lipinski definition) is 0. The fraction of sp³-hybridized carbons (Fsp3) is 0.158. The molecule has 0 saturated carbocycles. The van der Waals surface area contributed by atoms with Gasteiger partial charge in [0.05, 0.1) is 5.39 Å². The molecular weight excluding hydrogens is 292 g/mol. The second-order valence-corrected chi connectivity index (χ2v) is 5.18. The smallest absolute Gasteiger partial charge is 0.348 e. The van der Waals surface area contributed by atoms with Gasteiger partial charge in [-0.15, -0.1) is 0 Å². The number of para-hydroxylation sites is 1. The lowest BCUT2D eigenvalue weighted by Gasteiger charge is -2.11. The maximum absolute atomic E-state index is 12.4. The minimum Gasteiger partial charge on any atom is -0.425 e. The summed E-state index contributed by atoms with van der Waals surface area (Å²) < 4.78 is 10.9. The van der Waals surface area contributed by atoms with Crippen molar-refractivity contribution >= 4 is 16.9 Å². The fourth-order valence-electron chi connectivity index (χ4n) is 2.45. The van der Waals surface area contributed by atoms with Gasteiger partial charge in [0.15, 0.2) is 5.75 Å². The molecule has 0 amide bonds. The highest BCUT2D eigenvalue weighted by Crippen LogP contribution is 2.34. The Hall–Kier alpha value is -2.88. The Morgan fingerprint density at radius 1 is 1.04 bits per heavy atom. The van der Waals surface area contributed by atoms with Crippen LogP contribution >= 0.6 is 0 Å². The zero-order valence-corrected chi connectivity index (χ0v) is 12.7. The summed E-state index contributed by atoms with van der Waals surface area (Å²) in [6.45, 7) is 1.90. The van der Waals surface area contributed by atoms with Gasteiger partial charge in [0, 0.05) is 6.42 Å². The molecule has 0 aliphatic heterocycles. The van der Waals surface area contributed by atoms with Gasteiger partial charge in [-0.05, 0) is 24.1 Å². The molecule has 1 aromatic heterocycles. The number of esters is 1. The fourth-order valence-corrected chi connectivity index (χ4v) is 2.45. The second kappa shape index (κ2) is 6.48. The first-order chi connectivity index (χ1) is 11.2. The Labute approximate surface area is 133 Å². The van der Waals surface area contributed by atoms with Crippen molar-refractivity contribution in [1.82, 2.24) is 0 Å².